The van der Waals surface area contributed by atoms with Crippen molar-refractivity contribution in [2.24, 2.45) is 5.92 Å². The van der Waals surface area contributed by atoms with E-state index in [-0.39, 0.29) is 30.9 Å². The van der Waals surface area contributed by atoms with Crippen molar-refractivity contribution >= 4 is 16.1 Å². The summed E-state index contributed by atoms with van der Waals surface area (Å²) in [6.07, 6.45) is 19.4. The second-order valence-electron chi connectivity index (χ2n) is 11.3. The molecule has 1 unspecified atom stereocenters. The summed E-state index contributed by atoms with van der Waals surface area (Å²) in [6.45, 7) is 6.90. The Bertz CT molecular complexity index is 854. The molecule has 0 radical (unpaired) electrons. The molecule has 0 spiro atoms. The van der Waals surface area contributed by atoms with E-state index in [2.05, 4.69) is 6.92 Å². The second-order valence-corrected chi connectivity index (χ2v) is 12.9. The van der Waals surface area contributed by atoms with Crippen molar-refractivity contribution in [3.8, 4) is 0 Å². The van der Waals surface area contributed by atoms with E-state index >= 15 is 0 Å². The number of unbranched alkanes of at least 4 members (excludes halogenated alkanes) is 14. The van der Waals surface area contributed by atoms with Crippen LogP contribution in [0.15, 0.2) is 30.3 Å². The van der Waals surface area contributed by atoms with Gasteiger partial charge in [0.2, 0.25) is 0 Å². The molecule has 0 N–H and O–H groups in total. The third-order valence-electron chi connectivity index (χ3n) is 7.36. The standard InChI is InChI=1S/C34H60O7S/c1-4-7-8-9-10-11-12-13-14-15-16-17-18-19-23-26-33(35)40-28-32(27-34(38-5-2)39-6-3)29-41-42(36,37)30-31-24-21-20-22-25-31/h20-22,24-25,32,34H,4-19,23,26-30H2,1-3H3. The van der Waals surface area contributed by atoms with E-state index in [4.69, 9.17) is 18.4 Å². The molecule has 1 aromatic rings. The Morgan fingerprint density at radius 1 is 0.690 bits per heavy atom. The quantitative estimate of drug-likeness (QED) is 0.0387. The van der Waals surface area contributed by atoms with Crippen LogP contribution in [-0.4, -0.2) is 47.1 Å². The Balaban J connectivity index is 2.27. The molecule has 0 aliphatic heterocycles. The summed E-state index contributed by atoms with van der Waals surface area (Å²) < 4.78 is 47.3. The number of hydrogen-bond donors (Lipinski definition) is 0. The molecule has 7 nitrogen and oxygen atoms in total. The van der Waals surface area contributed by atoms with E-state index in [1.54, 1.807) is 24.3 Å². The molecule has 8 heteroatoms. The van der Waals surface area contributed by atoms with Crippen LogP contribution in [0.25, 0.3) is 0 Å². The molecule has 0 amide bonds. The molecular formula is C34H60O7S. The monoisotopic (exact) mass is 612 g/mol. The molecule has 0 fully saturated rings. The Kier molecular flexibility index (Phi) is 23.8. The van der Waals surface area contributed by atoms with Gasteiger partial charge in [-0.3, -0.25) is 8.98 Å². The maximum atomic E-state index is 12.6. The van der Waals surface area contributed by atoms with E-state index in [0.29, 0.717) is 31.6 Å². The predicted molar refractivity (Wildman–Crippen MR) is 171 cm³/mol. The summed E-state index contributed by atoms with van der Waals surface area (Å²) in [4.78, 5) is 12.4. The van der Waals surface area contributed by atoms with E-state index in [1.807, 2.05) is 19.9 Å². The van der Waals surface area contributed by atoms with Gasteiger partial charge in [0.25, 0.3) is 10.1 Å². The lowest BCUT2D eigenvalue weighted by atomic mass is 10.0. The van der Waals surface area contributed by atoms with Crippen molar-refractivity contribution in [1.82, 2.24) is 0 Å². The van der Waals surface area contributed by atoms with Crippen LogP contribution in [-0.2, 0) is 39.1 Å². The summed E-state index contributed by atoms with van der Waals surface area (Å²) in [7, 11) is -3.79. The highest BCUT2D eigenvalue weighted by Gasteiger charge is 2.23. The first-order chi connectivity index (χ1) is 20.4. The van der Waals surface area contributed by atoms with Crippen LogP contribution in [0.1, 0.15) is 135 Å². The van der Waals surface area contributed by atoms with Gasteiger partial charge in [0.15, 0.2) is 6.29 Å². The average Bonchev–Trinajstić information content (AvgIpc) is 2.97. The molecule has 1 atom stereocenters. The number of esters is 1. The van der Waals surface area contributed by atoms with Crippen molar-refractivity contribution in [2.45, 2.75) is 142 Å². The Morgan fingerprint density at radius 2 is 1.19 bits per heavy atom. The van der Waals surface area contributed by atoms with Crippen molar-refractivity contribution in [2.75, 3.05) is 26.4 Å². The molecule has 1 aromatic carbocycles. The minimum absolute atomic E-state index is 0.0646. The van der Waals surface area contributed by atoms with Gasteiger partial charge >= 0.3 is 5.97 Å². The number of hydrogen-bond acceptors (Lipinski definition) is 7. The van der Waals surface area contributed by atoms with E-state index in [0.717, 1.165) is 19.3 Å². The van der Waals surface area contributed by atoms with Crippen LogP contribution in [0.5, 0.6) is 0 Å². The maximum absolute atomic E-state index is 12.6. The SMILES string of the molecule is CCCCCCCCCCCCCCCCCC(=O)OCC(COS(=O)(=O)Cc1ccccc1)CC(OCC)OCC. The third-order valence-corrected chi connectivity index (χ3v) is 8.55. The van der Waals surface area contributed by atoms with Gasteiger partial charge in [-0.05, 0) is 25.8 Å². The van der Waals surface area contributed by atoms with Crippen molar-refractivity contribution in [3.05, 3.63) is 35.9 Å². The largest absolute Gasteiger partial charge is 0.465 e. The van der Waals surface area contributed by atoms with Gasteiger partial charge in [-0.1, -0.05) is 127 Å². The molecule has 0 aliphatic rings. The van der Waals surface area contributed by atoms with Crippen molar-refractivity contribution < 1.29 is 31.6 Å². The molecule has 0 bridgehead atoms. The highest BCUT2D eigenvalue weighted by molar-refractivity contribution is 7.85. The molecule has 1 rings (SSSR count). The van der Waals surface area contributed by atoms with Crippen LogP contribution < -0.4 is 0 Å². The van der Waals surface area contributed by atoms with Gasteiger partial charge in [0, 0.05) is 32.0 Å². The minimum atomic E-state index is -3.79. The summed E-state index contributed by atoms with van der Waals surface area (Å²) in [6, 6.07) is 8.92. The molecular weight excluding hydrogens is 552 g/mol. The maximum Gasteiger partial charge on any atom is 0.305 e. The van der Waals surface area contributed by atoms with Crippen LogP contribution >= 0.6 is 0 Å². The van der Waals surface area contributed by atoms with Crippen LogP contribution in [0.4, 0.5) is 0 Å². The lowest BCUT2D eigenvalue weighted by Gasteiger charge is -2.23. The predicted octanol–water partition coefficient (Wildman–Crippen LogP) is 8.74. The van der Waals surface area contributed by atoms with Crippen LogP contribution in [0, 0.1) is 5.92 Å². The Hall–Kier alpha value is -1.48. The van der Waals surface area contributed by atoms with Gasteiger partial charge in [-0.25, -0.2) is 0 Å². The van der Waals surface area contributed by atoms with Crippen molar-refractivity contribution in [1.29, 1.82) is 0 Å². The first-order valence-electron chi connectivity index (χ1n) is 16.7. The zero-order chi connectivity index (χ0) is 30.7. The van der Waals surface area contributed by atoms with Crippen LogP contribution in [0.2, 0.25) is 0 Å². The Morgan fingerprint density at radius 3 is 1.69 bits per heavy atom. The fourth-order valence-corrected chi connectivity index (χ4v) is 6.04. The molecule has 0 saturated carbocycles. The highest BCUT2D eigenvalue weighted by Crippen LogP contribution is 2.17. The summed E-state index contributed by atoms with van der Waals surface area (Å²) in [5.41, 5.74) is 0.658. The molecule has 0 saturated heterocycles. The lowest BCUT2D eigenvalue weighted by molar-refractivity contribution is -0.158. The summed E-state index contributed by atoms with van der Waals surface area (Å²) >= 11 is 0. The molecule has 0 aliphatic carbocycles. The normalized spacial score (nSPS) is 12.6. The molecule has 42 heavy (non-hydrogen) atoms. The van der Waals surface area contributed by atoms with Gasteiger partial charge in [-0.2, -0.15) is 8.42 Å². The molecule has 0 aromatic heterocycles. The lowest BCUT2D eigenvalue weighted by Crippen LogP contribution is -2.28. The van der Waals surface area contributed by atoms with Gasteiger partial charge in [0.1, 0.15) is 5.75 Å². The fraction of sp³-hybridized carbons (Fsp3) is 0.794. The van der Waals surface area contributed by atoms with E-state index < -0.39 is 16.4 Å². The average molecular weight is 613 g/mol. The Labute approximate surface area is 257 Å². The van der Waals surface area contributed by atoms with Gasteiger partial charge < -0.3 is 14.2 Å². The van der Waals surface area contributed by atoms with Crippen molar-refractivity contribution in [3.63, 3.8) is 0 Å². The summed E-state index contributed by atoms with van der Waals surface area (Å²) in [5.74, 6) is -0.838. The molecule has 244 valence electrons. The number of carbonyl (C=O) groups excluding carboxylic acids is 1. The topological polar surface area (TPSA) is 88.1 Å². The first-order valence-corrected chi connectivity index (χ1v) is 18.3. The van der Waals surface area contributed by atoms with Gasteiger partial charge in [0.05, 0.1) is 13.2 Å². The smallest absolute Gasteiger partial charge is 0.305 e. The van der Waals surface area contributed by atoms with Crippen LogP contribution in [0.3, 0.4) is 0 Å². The van der Waals surface area contributed by atoms with E-state index in [9.17, 15) is 13.2 Å². The number of carbonyl (C=O) groups is 1. The zero-order valence-corrected chi connectivity index (χ0v) is 27.7. The number of benzene rings is 1. The summed E-state index contributed by atoms with van der Waals surface area (Å²) in [5, 5.41) is 0. The van der Waals surface area contributed by atoms with E-state index in [1.165, 1.54) is 77.0 Å². The second kappa shape index (κ2) is 26.0. The third kappa shape index (κ3) is 22.1. The zero-order valence-electron chi connectivity index (χ0n) is 26.9. The fourth-order valence-electron chi connectivity index (χ4n) is 4.96. The number of rotatable bonds is 29. The first kappa shape index (κ1) is 38.5. The van der Waals surface area contributed by atoms with Gasteiger partial charge in [-0.15, -0.1) is 0 Å². The highest BCUT2D eigenvalue weighted by atomic mass is 32.2. The molecule has 0 heterocycles. The minimum Gasteiger partial charge on any atom is -0.465 e. The number of ether oxygens (including phenoxy) is 3.